The van der Waals surface area contributed by atoms with Gasteiger partial charge in [-0.05, 0) is 91.1 Å². The van der Waals surface area contributed by atoms with Crippen LogP contribution in [0.25, 0.3) is 22.3 Å². The molecule has 9 heteroatoms. The van der Waals surface area contributed by atoms with E-state index in [4.69, 9.17) is 37.4 Å². The fraction of sp³-hybridized carbons (Fsp3) is 0.257. The molecule has 0 saturated carbocycles. The van der Waals surface area contributed by atoms with Crippen LogP contribution in [0.2, 0.25) is 10.0 Å². The molecule has 0 bridgehead atoms. The molecule has 0 atom stereocenters. The number of carbonyl (C=O) groups excluding carboxylic acids is 2. The zero-order valence-corrected chi connectivity index (χ0v) is 26.0. The SMILES string of the molecule is COc1ccc(C(=O)OCCCCCCNC(=O)c2cc(-c3cccc(Cl)c3)c(OCCO)c(-c3cccc(Cl)c3)c2)cc1. The summed E-state index contributed by atoms with van der Waals surface area (Å²) < 4.78 is 16.5. The van der Waals surface area contributed by atoms with E-state index >= 15 is 0 Å². The Morgan fingerprint density at radius 3 is 1.93 bits per heavy atom. The number of halogens is 2. The molecule has 0 aliphatic rings. The van der Waals surface area contributed by atoms with Crippen LogP contribution in [0.3, 0.4) is 0 Å². The van der Waals surface area contributed by atoms with E-state index in [-0.39, 0.29) is 25.1 Å². The molecule has 2 N–H and O–H groups in total. The fourth-order valence-electron chi connectivity index (χ4n) is 4.66. The molecule has 0 spiro atoms. The molecule has 0 fully saturated rings. The van der Waals surface area contributed by atoms with Gasteiger partial charge >= 0.3 is 5.97 Å². The van der Waals surface area contributed by atoms with Crippen molar-refractivity contribution in [1.82, 2.24) is 5.32 Å². The smallest absolute Gasteiger partial charge is 0.338 e. The number of hydrogen-bond acceptors (Lipinski definition) is 6. The number of hydrogen-bond donors (Lipinski definition) is 2. The highest BCUT2D eigenvalue weighted by atomic mass is 35.5. The number of nitrogens with one attached hydrogen (secondary N) is 1. The van der Waals surface area contributed by atoms with Crippen molar-refractivity contribution in [3.05, 3.63) is 106 Å². The van der Waals surface area contributed by atoms with E-state index in [2.05, 4.69) is 5.32 Å². The molecule has 0 radical (unpaired) electrons. The van der Waals surface area contributed by atoms with Gasteiger partial charge in [0.05, 0.1) is 25.9 Å². The quantitative estimate of drug-likeness (QED) is 0.102. The van der Waals surface area contributed by atoms with Crippen LogP contribution < -0.4 is 14.8 Å². The van der Waals surface area contributed by atoms with Crippen LogP contribution >= 0.6 is 23.2 Å². The van der Waals surface area contributed by atoms with Crippen molar-refractivity contribution >= 4 is 35.1 Å². The van der Waals surface area contributed by atoms with Crippen LogP contribution in [0.5, 0.6) is 11.5 Å². The van der Waals surface area contributed by atoms with E-state index in [1.165, 1.54) is 0 Å². The first-order valence-corrected chi connectivity index (χ1v) is 15.2. The molecule has 4 rings (SSSR count). The summed E-state index contributed by atoms with van der Waals surface area (Å²) in [5, 5.41) is 13.6. The van der Waals surface area contributed by atoms with Crippen LogP contribution in [0.4, 0.5) is 0 Å². The molecule has 44 heavy (non-hydrogen) atoms. The maximum atomic E-state index is 13.3. The largest absolute Gasteiger partial charge is 0.497 e. The molecular weight excluding hydrogens is 601 g/mol. The summed E-state index contributed by atoms with van der Waals surface area (Å²) in [5.41, 5.74) is 3.84. The summed E-state index contributed by atoms with van der Waals surface area (Å²) in [6.45, 7) is 0.734. The van der Waals surface area contributed by atoms with Gasteiger partial charge in [-0.1, -0.05) is 53.9 Å². The molecule has 7 nitrogen and oxygen atoms in total. The van der Waals surface area contributed by atoms with Crippen molar-refractivity contribution < 1.29 is 28.9 Å². The second kappa shape index (κ2) is 16.7. The summed E-state index contributed by atoms with van der Waals surface area (Å²) in [7, 11) is 1.57. The molecule has 0 heterocycles. The Bertz CT molecular complexity index is 1490. The van der Waals surface area contributed by atoms with Gasteiger partial charge in [-0.15, -0.1) is 0 Å². The second-order valence-electron chi connectivity index (χ2n) is 10.0. The minimum atomic E-state index is -0.359. The minimum Gasteiger partial charge on any atom is -0.497 e. The lowest BCUT2D eigenvalue weighted by Gasteiger charge is -2.19. The van der Waals surface area contributed by atoms with Gasteiger partial charge in [0.15, 0.2) is 0 Å². The number of aliphatic hydroxyl groups is 1. The lowest BCUT2D eigenvalue weighted by molar-refractivity contribution is 0.0497. The van der Waals surface area contributed by atoms with E-state index < -0.39 is 0 Å². The Hall–Kier alpha value is -4.04. The lowest BCUT2D eigenvalue weighted by atomic mass is 9.94. The summed E-state index contributed by atoms with van der Waals surface area (Å²) >= 11 is 12.6. The number of esters is 1. The van der Waals surface area contributed by atoms with Gasteiger partial charge in [-0.25, -0.2) is 4.79 Å². The van der Waals surface area contributed by atoms with Gasteiger partial charge in [0, 0.05) is 33.3 Å². The molecule has 1 amide bonds. The number of aliphatic hydroxyl groups excluding tert-OH is 1. The average Bonchev–Trinajstić information content (AvgIpc) is 3.04. The third kappa shape index (κ3) is 9.23. The van der Waals surface area contributed by atoms with E-state index in [0.29, 0.717) is 56.9 Å². The van der Waals surface area contributed by atoms with E-state index in [9.17, 15) is 14.7 Å². The lowest BCUT2D eigenvalue weighted by Crippen LogP contribution is -2.24. The summed E-state index contributed by atoms with van der Waals surface area (Å²) in [4.78, 5) is 25.5. The van der Waals surface area contributed by atoms with E-state index in [1.54, 1.807) is 67.8 Å². The van der Waals surface area contributed by atoms with Crippen LogP contribution in [-0.2, 0) is 4.74 Å². The van der Waals surface area contributed by atoms with Crippen molar-refractivity contribution in [2.24, 2.45) is 0 Å². The second-order valence-corrected chi connectivity index (χ2v) is 10.9. The number of rotatable bonds is 15. The van der Waals surface area contributed by atoms with Crippen molar-refractivity contribution in [1.29, 1.82) is 0 Å². The van der Waals surface area contributed by atoms with Crippen LogP contribution in [0.1, 0.15) is 46.4 Å². The number of ether oxygens (including phenoxy) is 3. The Kier molecular flexibility index (Phi) is 12.5. The van der Waals surface area contributed by atoms with E-state index in [1.807, 2.05) is 24.3 Å². The Labute approximate surface area is 267 Å². The number of carbonyl (C=O) groups is 2. The monoisotopic (exact) mass is 635 g/mol. The number of methoxy groups -OCH3 is 1. The molecule has 230 valence electrons. The summed E-state index contributed by atoms with van der Waals surface area (Å²) in [5.74, 6) is 0.620. The van der Waals surface area contributed by atoms with Crippen LogP contribution in [0, 0.1) is 0 Å². The minimum absolute atomic E-state index is 0.0767. The third-order valence-electron chi connectivity index (χ3n) is 6.88. The van der Waals surface area contributed by atoms with Crippen molar-refractivity contribution in [2.75, 3.05) is 33.5 Å². The summed E-state index contributed by atoms with van der Waals surface area (Å²) in [6, 6.07) is 25.0. The van der Waals surface area contributed by atoms with Gasteiger partial charge < -0.3 is 24.6 Å². The van der Waals surface area contributed by atoms with Gasteiger partial charge in [-0.3, -0.25) is 4.79 Å². The van der Waals surface area contributed by atoms with Gasteiger partial charge in [0.25, 0.3) is 5.91 Å². The molecule has 0 saturated heterocycles. The predicted octanol–water partition coefficient (Wildman–Crippen LogP) is 7.85. The topological polar surface area (TPSA) is 94.1 Å². The Morgan fingerprint density at radius 2 is 1.36 bits per heavy atom. The highest BCUT2D eigenvalue weighted by molar-refractivity contribution is 6.31. The molecule has 0 unspecified atom stereocenters. The number of unbranched alkanes of at least 4 members (excludes halogenated alkanes) is 3. The standard InChI is InChI=1S/C35H35Cl2NO6/c1-42-30-14-12-24(13-15-30)35(41)44-18-5-3-2-4-16-38-34(40)27-22-31(25-8-6-10-28(36)20-25)33(43-19-17-39)32(23-27)26-9-7-11-29(37)21-26/h6-15,20-23,39H,2-5,16-19H2,1H3,(H,38,40). The van der Waals surface area contributed by atoms with E-state index in [0.717, 1.165) is 36.8 Å². The Morgan fingerprint density at radius 1 is 0.750 bits per heavy atom. The van der Waals surface area contributed by atoms with Gasteiger partial charge in [0.2, 0.25) is 0 Å². The first kappa shape index (κ1) is 32.9. The maximum Gasteiger partial charge on any atom is 0.338 e. The molecule has 4 aromatic rings. The molecule has 4 aromatic carbocycles. The predicted molar refractivity (Wildman–Crippen MR) is 174 cm³/mol. The maximum absolute atomic E-state index is 13.3. The number of benzene rings is 4. The summed E-state index contributed by atoms with van der Waals surface area (Å²) in [6.07, 6.45) is 3.24. The highest BCUT2D eigenvalue weighted by Crippen LogP contribution is 2.41. The van der Waals surface area contributed by atoms with Crippen LogP contribution in [-0.4, -0.2) is 50.5 Å². The number of amides is 1. The molecule has 0 aliphatic heterocycles. The van der Waals surface area contributed by atoms with Crippen molar-refractivity contribution in [3.8, 4) is 33.8 Å². The Balaban J connectivity index is 1.38. The zero-order chi connectivity index (χ0) is 31.3. The fourth-order valence-corrected chi connectivity index (χ4v) is 5.04. The molecule has 0 aromatic heterocycles. The van der Waals surface area contributed by atoms with Crippen molar-refractivity contribution in [3.63, 3.8) is 0 Å². The first-order chi connectivity index (χ1) is 21.4. The van der Waals surface area contributed by atoms with Crippen molar-refractivity contribution in [2.45, 2.75) is 25.7 Å². The first-order valence-electron chi connectivity index (χ1n) is 14.4. The molecular formula is C35H35Cl2NO6. The third-order valence-corrected chi connectivity index (χ3v) is 7.35. The van der Waals surface area contributed by atoms with Gasteiger partial charge in [0.1, 0.15) is 18.1 Å². The van der Waals surface area contributed by atoms with Gasteiger partial charge in [-0.2, -0.15) is 0 Å². The molecule has 0 aliphatic carbocycles. The zero-order valence-electron chi connectivity index (χ0n) is 24.5. The van der Waals surface area contributed by atoms with Crippen LogP contribution in [0.15, 0.2) is 84.9 Å². The normalized spacial score (nSPS) is 10.7. The highest BCUT2D eigenvalue weighted by Gasteiger charge is 2.19. The average molecular weight is 637 g/mol.